The van der Waals surface area contributed by atoms with Crippen molar-refractivity contribution in [2.45, 2.75) is 70.7 Å². The summed E-state index contributed by atoms with van der Waals surface area (Å²) in [4.78, 5) is 45.6. The van der Waals surface area contributed by atoms with Crippen LogP contribution in [0, 0.1) is 0 Å². The van der Waals surface area contributed by atoms with E-state index in [1.54, 1.807) is 42.7 Å². The number of rotatable bonds is 11. The number of ether oxygens (including phenoxy) is 3. The van der Waals surface area contributed by atoms with Gasteiger partial charge in [0, 0.05) is 55.2 Å². The quantitative estimate of drug-likeness (QED) is 0.288. The van der Waals surface area contributed by atoms with Gasteiger partial charge in [0.05, 0.1) is 25.4 Å². The summed E-state index contributed by atoms with van der Waals surface area (Å²) in [6.07, 6.45) is 2.96. The minimum atomic E-state index is -5.08. The van der Waals surface area contributed by atoms with Gasteiger partial charge in [-0.15, -0.1) is 0 Å². The minimum absolute atomic E-state index is 0.0154. The molecule has 0 spiro atoms. The summed E-state index contributed by atoms with van der Waals surface area (Å²) < 4.78 is 48.8. The molecule has 0 bridgehead atoms. The number of morpholine rings is 1. The summed E-state index contributed by atoms with van der Waals surface area (Å²) in [5.41, 5.74) is 0.534. The fourth-order valence-electron chi connectivity index (χ4n) is 5.31. The molecule has 48 heavy (non-hydrogen) atoms. The number of nitrogens with zero attached hydrogens (tertiary/aromatic N) is 4. The van der Waals surface area contributed by atoms with Crippen molar-refractivity contribution in [2.24, 2.45) is 0 Å². The lowest BCUT2D eigenvalue weighted by atomic mass is 10.1. The van der Waals surface area contributed by atoms with Gasteiger partial charge in [0.2, 0.25) is 0 Å². The van der Waals surface area contributed by atoms with E-state index in [0.29, 0.717) is 28.6 Å². The monoisotopic (exact) mass is 700 g/mol. The number of hydrogen-bond acceptors (Lipinski definition) is 8. The average Bonchev–Trinajstić information content (AvgIpc) is 3.55. The van der Waals surface area contributed by atoms with Crippen LogP contribution in [0.25, 0.3) is 0 Å². The Morgan fingerprint density at radius 1 is 1.04 bits per heavy atom. The van der Waals surface area contributed by atoms with Crippen LogP contribution in [-0.2, 0) is 14.3 Å². The van der Waals surface area contributed by atoms with E-state index < -0.39 is 23.8 Å². The lowest BCUT2D eigenvalue weighted by Crippen LogP contribution is -2.42. The van der Waals surface area contributed by atoms with Gasteiger partial charge in [0.25, 0.3) is 5.91 Å². The zero-order chi connectivity index (χ0) is 35.3. The van der Waals surface area contributed by atoms with E-state index >= 15 is 0 Å². The van der Waals surface area contributed by atoms with Crippen molar-refractivity contribution in [2.75, 3.05) is 57.4 Å². The van der Waals surface area contributed by atoms with Gasteiger partial charge in [0.1, 0.15) is 18.0 Å². The van der Waals surface area contributed by atoms with Crippen molar-refractivity contribution in [3.05, 3.63) is 53.3 Å². The molecule has 15 heteroatoms. The number of anilines is 1. The van der Waals surface area contributed by atoms with Crippen LogP contribution in [0.15, 0.2) is 42.7 Å². The molecule has 2 aliphatic rings. The van der Waals surface area contributed by atoms with Crippen molar-refractivity contribution in [1.29, 1.82) is 0 Å². The predicted octanol–water partition coefficient (Wildman–Crippen LogP) is 6.30. The van der Waals surface area contributed by atoms with Gasteiger partial charge in [-0.1, -0.05) is 24.4 Å². The fourth-order valence-corrected chi connectivity index (χ4v) is 5.54. The molecule has 0 atom stereocenters. The number of carbonyl (C=O) groups is 3. The first-order valence-corrected chi connectivity index (χ1v) is 16.3. The number of pyridine rings is 1. The maximum Gasteiger partial charge on any atom is 0.490 e. The predicted molar refractivity (Wildman–Crippen MR) is 174 cm³/mol. The summed E-state index contributed by atoms with van der Waals surface area (Å²) in [5.74, 6) is -2.29. The van der Waals surface area contributed by atoms with Gasteiger partial charge in [-0.25, -0.2) is 9.59 Å². The number of benzene rings is 1. The highest BCUT2D eigenvalue weighted by atomic mass is 35.5. The van der Waals surface area contributed by atoms with Crippen molar-refractivity contribution in [3.63, 3.8) is 0 Å². The Bertz CT molecular complexity index is 1330. The van der Waals surface area contributed by atoms with Gasteiger partial charge in [0.15, 0.2) is 0 Å². The molecule has 1 saturated heterocycles. The Morgan fingerprint density at radius 3 is 2.25 bits per heavy atom. The second-order valence-corrected chi connectivity index (χ2v) is 12.8. The summed E-state index contributed by atoms with van der Waals surface area (Å²) in [6, 6.07) is 8.90. The van der Waals surface area contributed by atoms with Crippen LogP contribution in [0.1, 0.15) is 63.2 Å². The van der Waals surface area contributed by atoms with Crippen molar-refractivity contribution < 1.29 is 46.9 Å². The van der Waals surface area contributed by atoms with Crippen molar-refractivity contribution in [1.82, 2.24) is 14.8 Å². The molecule has 2 aromatic rings. The van der Waals surface area contributed by atoms with Gasteiger partial charge >= 0.3 is 18.2 Å². The van der Waals surface area contributed by atoms with Crippen molar-refractivity contribution in [3.8, 4) is 5.75 Å². The highest BCUT2D eigenvalue weighted by molar-refractivity contribution is 6.31. The fraction of sp³-hybridized carbons (Fsp3) is 0.576. The van der Waals surface area contributed by atoms with Crippen LogP contribution < -0.4 is 9.64 Å². The van der Waals surface area contributed by atoms with Gasteiger partial charge < -0.3 is 24.2 Å². The van der Waals surface area contributed by atoms with Gasteiger partial charge in [-0.05, 0) is 70.4 Å². The van der Waals surface area contributed by atoms with Crippen LogP contribution in [0.5, 0.6) is 5.75 Å². The molecule has 0 radical (unpaired) electrons. The largest absolute Gasteiger partial charge is 0.492 e. The number of carboxylic acid groups (broad SMARTS) is 1. The molecule has 266 valence electrons. The number of amides is 2. The lowest BCUT2D eigenvalue weighted by Gasteiger charge is -2.31. The Balaban J connectivity index is 0.000000804. The van der Waals surface area contributed by atoms with Crippen LogP contribution in [0.4, 0.5) is 23.7 Å². The SMILES string of the molecule is CC(C)(C)OC(=O)N(CCOc1cc(Cl)cc(C(=O)N(CCCN2CCOCC2)C2CCCC2)c1)c1ccncc1.O=C(O)C(F)(F)F. The number of halogens is 4. The van der Waals surface area contributed by atoms with E-state index in [0.717, 1.165) is 65.0 Å². The van der Waals surface area contributed by atoms with Crippen LogP contribution in [-0.4, -0.2) is 108 Å². The molecule has 2 heterocycles. The number of aromatic nitrogens is 1. The summed E-state index contributed by atoms with van der Waals surface area (Å²) in [5, 5.41) is 7.56. The molecule has 1 aromatic heterocycles. The zero-order valence-corrected chi connectivity index (χ0v) is 28.3. The number of carbonyl (C=O) groups excluding carboxylic acids is 2. The third-order valence-electron chi connectivity index (χ3n) is 7.54. The van der Waals surface area contributed by atoms with Gasteiger partial charge in [-0.3, -0.25) is 19.6 Å². The number of hydrogen-bond donors (Lipinski definition) is 1. The second-order valence-electron chi connectivity index (χ2n) is 12.4. The second kappa shape index (κ2) is 18.2. The van der Waals surface area contributed by atoms with Crippen molar-refractivity contribution >= 4 is 35.3 Å². The van der Waals surface area contributed by atoms with Gasteiger partial charge in [-0.2, -0.15) is 13.2 Å². The lowest BCUT2D eigenvalue weighted by molar-refractivity contribution is -0.192. The van der Waals surface area contributed by atoms with E-state index in [1.165, 1.54) is 4.90 Å². The normalized spacial score (nSPS) is 15.6. The Kier molecular flexibility index (Phi) is 14.7. The van der Waals surface area contributed by atoms with E-state index in [4.69, 9.17) is 35.7 Å². The number of alkyl halides is 3. The Morgan fingerprint density at radius 2 is 1.67 bits per heavy atom. The third-order valence-corrected chi connectivity index (χ3v) is 7.75. The molecule has 1 saturated carbocycles. The summed E-state index contributed by atoms with van der Waals surface area (Å²) in [6.45, 7) is 11.0. The first-order chi connectivity index (χ1) is 22.6. The highest BCUT2D eigenvalue weighted by Crippen LogP contribution is 2.28. The molecule has 4 rings (SSSR count). The molecule has 2 amide bonds. The summed E-state index contributed by atoms with van der Waals surface area (Å²) >= 11 is 6.46. The number of carboxylic acids is 1. The maximum atomic E-state index is 13.8. The average molecular weight is 701 g/mol. The van der Waals surface area contributed by atoms with E-state index in [9.17, 15) is 22.8 Å². The molecule has 11 nitrogen and oxygen atoms in total. The topological polar surface area (TPSA) is 122 Å². The van der Waals surface area contributed by atoms with E-state index in [1.807, 2.05) is 25.7 Å². The first kappa shape index (κ1) is 38.8. The molecular formula is C33H44ClF3N4O7. The maximum absolute atomic E-state index is 13.8. The molecule has 2 fully saturated rings. The van der Waals surface area contributed by atoms with E-state index in [-0.39, 0.29) is 25.1 Å². The number of aliphatic carboxylic acids is 1. The molecule has 0 unspecified atom stereocenters. The molecule has 1 N–H and O–H groups in total. The molecule has 1 aliphatic heterocycles. The minimum Gasteiger partial charge on any atom is -0.492 e. The van der Waals surface area contributed by atoms with Crippen LogP contribution >= 0.6 is 11.6 Å². The first-order valence-electron chi connectivity index (χ1n) is 15.9. The Labute approximate surface area is 283 Å². The third kappa shape index (κ3) is 13.1. The Hall–Kier alpha value is -3.62. The molecule has 1 aliphatic carbocycles. The van der Waals surface area contributed by atoms with Crippen LogP contribution in [0.3, 0.4) is 0 Å². The standard InChI is InChI=1S/C31H43ClN4O5.C2HF3O2/c1-31(2,3)41-30(38)36(27-9-11-33-12-10-27)17-20-40-28-22-24(21-25(32)23-28)29(37)35(26-7-4-5-8-26)14-6-13-34-15-18-39-19-16-34;3-2(4,5)1(6)7/h9-12,21-23,26H,4-8,13-20H2,1-3H3;(H,6,7). The van der Waals surface area contributed by atoms with Crippen LogP contribution in [0.2, 0.25) is 5.02 Å². The molecular weight excluding hydrogens is 657 g/mol. The molecule has 1 aromatic carbocycles. The smallest absolute Gasteiger partial charge is 0.490 e. The van der Waals surface area contributed by atoms with E-state index in [2.05, 4.69) is 9.88 Å². The highest BCUT2D eigenvalue weighted by Gasteiger charge is 2.38. The zero-order valence-electron chi connectivity index (χ0n) is 27.5. The summed E-state index contributed by atoms with van der Waals surface area (Å²) in [7, 11) is 0.